The van der Waals surface area contributed by atoms with E-state index in [0.717, 1.165) is 39.1 Å². The molecule has 1 aliphatic heterocycles. The Morgan fingerprint density at radius 1 is 0.903 bits per heavy atom. The molecule has 6 nitrogen and oxygen atoms in total. The maximum atomic E-state index is 12.9. The average molecular weight is 445 g/mol. The normalized spacial score (nSPS) is 14.3. The highest BCUT2D eigenvalue weighted by Crippen LogP contribution is 2.15. The van der Waals surface area contributed by atoms with Crippen LogP contribution in [0.25, 0.3) is 0 Å². The van der Waals surface area contributed by atoms with Crippen LogP contribution in [-0.2, 0) is 9.59 Å². The van der Waals surface area contributed by atoms with E-state index in [4.69, 9.17) is 0 Å². The van der Waals surface area contributed by atoms with E-state index in [2.05, 4.69) is 44.7 Å². The zero-order valence-electron chi connectivity index (χ0n) is 17.6. The van der Waals surface area contributed by atoms with Crippen molar-refractivity contribution in [2.24, 2.45) is 0 Å². The van der Waals surface area contributed by atoms with Crippen LogP contribution >= 0.6 is 11.8 Å². The molecule has 2 aromatic carbocycles. The van der Waals surface area contributed by atoms with E-state index in [1.165, 1.54) is 41.7 Å². The molecule has 1 heterocycles. The van der Waals surface area contributed by atoms with Crippen LogP contribution in [-0.4, -0.2) is 67.5 Å². The first kappa shape index (κ1) is 23.1. The second-order valence-corrected chi connectivity index (χ2v) is 8.40. The number of rotatable bonds is 10. The van der Waals surface area contributed by atoms with Gasteiger partial charge in [-0.1, -0.05) is 18.2 Å². The molecule has 3 rings (SSSR count). The van der Waals surface area contributed by atoms with E-state index in [0.29, 0.717) is 12.2 Å². The fourth-order valence-corrected chi connectivity index (χ4v) is 4.06. The molecule has 0 bridgehead atoms. The van der Waals surface area contributed by atoms with Gasteiger partial charge in [-0.15, -0.1) is 11.8 Å². The Hall–Kier alpha value is -2.58. The molecule has 166 valence electrons. The maximum Gasteiger partial charge on any atom is 0.234 e. The number of hydrogen-bond donors (Lipinski definition) is 2. The molecular weight excluding hydrogens is 415 g/mol. The number of amides is 2. The van der Waals surface area contributed by atoms with Crippen LogP contribution in [0.2, 0.25) is 0 Å². The summed E-state index contributed by atoms with van der Waals surface area (Å²) in [4.78, 5) is 28.6. The number of piperazine rings is 1. The molecule has 2 amide bonds. The average Bonchev–Trinajstić information content (AvgIpc) is 2.79. The summed E-state index contributed by atoms with van der Waals surface area (Å²) in [5.74, 6) is -0.200. The van der Waals surface area contributed by atoms with Gasteiger partial charge in [-0.25, -0.2) is 4.39 Å². The highest BCUT2D eigenvalue weighted by Gasteiger charge is 2.16. The van der Waals surface area contributed by atoms with Gasteiger partial charge in [-0.3, -0.25) is 14.5 Å². The predicted molar refractivity (Wildman–Crippen MR) is 125 cm³/mol. The van der Waals surface area contributed by atoms with E-state index < -0.39 is 0 Å². The topological polar surface area (TPSA) is 64.7 Å². The van der Waals surface area contributed by atoms with Gasteiger partial charge in [-0.05, 0) is 49.4 Å². The molecule has 0 radical (unpaired) electrons. The van der Waals surface area contributed by atoms with Crippen LogP contribution in [0.4, 0.5) is 15.8 Å². The standard InChI is InChI=1S/C23H29FN4O2S/c24-19-7-9-20(10-8-19)26-23(30)18-31-17-22(29)25-11-4-12-27-13-15-28(16-14-27)21-5-2-1-3-6-21/h1-3,5-10H,4,11-18H2,(H,25,29)(H,26,30). The molecule has 1 saturated heterocycles. The van der Waals surface area contributed by atoms with E-state index in [9.17, 15) is 14.0 Å². The molecule has 2 aromatic rings. The summed E-state index contributed by atoms with van der Waals surface area (Å²) in [5.41, 5.74) is 1.82. The number of thioether (sulfide) groups is 1. The van der Waals surface area contributed by atoms with Crippen molar-refractivity contribution in [2.75, 3.05) is 61.0 Å². The molecular formula is C23H29FN4O2S. The van der Waals surface area contributed by atoms with Crippen LogP contribution in [0.3, 0.4) is 0 Å². The Morgan fingerprint density at radius 2 is 1.58 bits per heavy atom. The number of hydrogen-bond acceptors (Lipinski definition) is 5. The van der Waals surface area contributed by atoms with Gasteiger partial charge in [-0.2, -0.15) is 0 Å². The Kier molecular flexibility index (Phi) is 9.17. The number of carbonyl (C=O) groups is 2. The van der Waals surface area contributed by atoms with Crippen LogP contribution in [0.5, 0.6) is 0 Å². The third-order valence-electron chi connectivity index (χ3n) is 5.06. The molecule has 0 unspecified atom stereocenters. The minimum absolute atomic E-state index is 0.0616. The van der Waals surface area contributed by atoms with Crippen molar-refractivity contribution in [3.05, 3.63) is 60.4 Å². The largest absolute Gasteiger partial charge is 0.369 e. The number of benzene rings is 2. The second-order valence-electron chi connectivity index (χ2n) is 7.42. The van der Waals surface area contributed by atoms with Crippen molar-refractivity contribution in [1.29, 1.82) is 0 Å². The van der Waals surface area contributed by atoms with Crippen molar-refractivity contribution in [1.82, 2.24) is 10.2 Å². The Labute approximate surface area is 187 Å². The van der Waals surface area contributed by atoms with Crippen molar-refractivity contribution < 1.29 is 14.0 Å². The summed E-state index contributed by atoms with van der Waals surface area (Å²) in [6.45, 7) is 5.71. The summed E-state index contributed by atoms with van der Waals surface area (Å²) in [6.07, 6.45) is 0.910. The van der Waals surface area contributed by atoms with Gasteiger partial charge in [0.25, 0.3) is 0 Å². The zero-order valence-corrected chi connectivity index (χ0v) is 18.4. The third-order valence-corrected chi connectivity index (χ3v) is 5.99. The second kappa shape index (κ2) is 12.3. The zero-order chi connectivity index (χ0) is 21.9. The fraction of sp³-hybridized carbons (Fsp3) is 0.391. The van der Waals surface area contributed by atoms with Crippen LogP contribution in [0.15, 0.2) is 54.6 Å². The fourth-order valence-electron chi connectivity index (χ4n) is 3.42. The lowest BCUT2D eigenvalue weighted by Gasteiger charge is -2.36. The number of anilines is 2. The van der Waals surface area contributed by atoms with Gasteiger partial charge in [0.15, 0.2) is 0 Å². The van der Waals surface area contributed by atoms with Gasteiger partial charge in [0, 0.05) is 44.1 Å². The van der Waals surface area contributed by atoms with Crippen molar-refractivity contribution in [3.63, 3.8) is 0 Å². The first-order chi connectivity index (χ1) is 15.1. The number of nitrogens with one attached hydrogen (secondary N) is 2. The lowest BCUT2D eigenvalue weighted by Crippen LogP contribution is -2.47. The quantitative estimate of drug-likeness (QED) is 0.552. The monoisotopic (exact) mass is 444 g/mol. The number of halogens is 1. The van der Waals surface area contributed by atoms with Gasteiger partial charge in [0.1, 0.15) is 5.82 Å². The highest BCUT2D eigenvalue weighted by atomic mass is 32.2. The van der Waals surface area contributed by atoms with Crippen molar-refractivity contribution in [2.45, 2.75) is 6.42 Å². The van der Waals surface area contributed by atoms with Crippen molar-refractivity contribution >= 4 is 35.0 Å². The molecule has 31 heavy (non-hydrogen) atoms. The smallest absolute Gasteiger partial charge is 0.234 e. The minimum Gasteiger partial charge on any atom is -0.369 e. The highest BCUT2D eigenvalue weighted by molar-refractivity contribution is 8.00. The molecule has 0 aromatic heterocycles. The molecule has 0 atom stereocenters. The summed E-state index contributed by atoms with van der Waals surface area (Å²) in [5, 5.41) is 5.59. The third kappa shape index (κ3) is 8.22. The van der Waals surface area contributed by atoms with Gasteiger partial charge in [0.2, 0.25) is 11.8 Å². The molecule has 0 aliphatic carbocycles. The molecule has 1 fully saturated rings. The molecule has 0 saturated carbocycles. The number of carbonyl (C=O) groups excluding carboxylic acids is 2. The Balaban J connectivity index is 1.21. The van der Waals surface area contributed by atoms with Gasteiger partial charge < -0.3 is 15.5 Å². The predicted octanol–water partition coefficient (Wildman–Crippen LogP) is 2.83. The van der Waals surface area contributed by atoms with Crippen LogP contribution in [0, 0.1) is 5.82 Å². The van der Waals surface area contributed by atoms with Gasteiger partial charge in [0.05, 0.1) is 11.5 Å². The summed E-state index contributed by atoms with van der Waals surface area (Å²) in [7, 11) is 0. The maximum absolute atomic E-state index is 12.9. The molecule has 2 N–H and O–H groups in total. The summed E-state index contributed by atoms with van der Waals surface area (Å²) >= 11 is 1.26. The lowest BCUT2D eigenvalue weighted by molar-refractivity contribution is -0.118. The van der Waals surface area contributed by atoms with Crippen LogP contribution < -0.4 is 15.5 Å². The molecule has 8 heteroatoms. The van der Waals surface area contributed by atoms with E-state index in [-0.39, 0.29) is 29.1 Å². The Morgan fingerprint density at radius 3 is 2.29 bits per heavy atom. The Bertz CT molecular complexity index is 827. The van der Waals surface area contributed by atoms with E-state index in [1.807, 2.05) is 6.07 Å². The van der Waals surface area contributed by atoms with Crippen molar-refractivity contribution in [3.8, 4) is 0 Å². The lowest BCUT2D eigenvalue weighted by atomic mass is 10.2. The summed E-state index contributed by atoms with van der Waals surface area (Å²) < 4.78 is 12.9. The number of nitrogens with zero attached hydrogens (tertiary/aromatic N) is 2. The SMILES string of the molecule is O=C(CSCC(=O)Nc1ccc(F)cc1)NCCCN1CCN(c2ccccc2)CC1. The first-order valence-electron chi connectivity index (χ1n) is 10.5. The van der Waals surface area contributed by atoms with E-state index in [1.54, 1.807) is 0 Å². The van der Waals surface area contributed by atoms with E-state index >= 15 is 0 Å². The van der Waals surface area contributed by atoms with Gasteiger partial charge >= 0.3 is 0 Å². The molecule has 0 spiro atoms. The summed E-state index contributed by atoms with van der Waals surface area (Å²) in [6, 6.07) is 16.1. The van der Waals surface area contributed by atoms with Crippen LogP contribution in [0.1, 0.15) is 6.42 Å². The molecule has 1 aliphatic rings. The first-order valence-corrected chi connectivity index (χ1v) is 11.7. The number of para-hydroxylation sites is 1. The minimum atomic E-state index is -0.349.